The van der Waals surface area contributed by atoms with Gasteiger partial charge in [0.1, 0.15) is 5.82 Å². The van der Waals surface area contributed by atoms with Crippen LogP contribution in [-0.2, 0) is 15.4 Å². The van der Waals surface area contributed by atoms with Crippen LogP contribution in [0.1, 0.15) is 44.1 Å². The minimum atomic E-state index is -3.60. The van der Waals surface area contributed by atoms with Crippen LogP contribution >= 0.6 is 11.6 Å². The Bertz CT molecular complexity index is 1360. The SMILES string of the molecule is CNS(=O)(=O)c1cccc(Nc2ccc(Nc3ccc(C45CC6CC(CC(C6)C4)C5)cc3Cl)cc2)n1. The number of nitrogens with zero attached hydrogens (tertiary/aromatic N) is 1. The predicted octanol–water partition coefficient (Wildman–Crippen LogP) is 6.60. The predicted molar refractivity (Wildman–Crippen MR) is 145 cm³/mol. The average Bonchev–Trinajstić information content (AvgIpc) is 2.86. The number of halogens is 1. The topological polar surface area (TPSA) is 83.1 Å². The lowest BCUT2D eigenvalue weighted by atomic mass is 9.48. The zero-order chi connectivity index (χ0) is 24.9. The molecule has 2 aromatic carbocycles. The summed E-state index contributed by atoms with van der Waals surface area (Å²) in [5.41, 5.74) is 4.38. The van der Waals surface area contributed by atoms with Crippen molar-refractivity contribution in [1.29, 1.82) is 0 Å². The molecule has 0 unspecified atom stereocenters. The molecule has 188 valence electrons. The molecule has 1 aromatic heterocycles. The zero-order valence-corrected chi connectivity index (χ0v) is 21.9. The largest absolute Gasteiger partial charge is 0.354 e. The molecule has 7 rings (SSSR count). The van der Waals surface area contributed by atoms with E-state index in [9.17, 15) is 8.42 Å². The standard InChI is InChI=1S/C28H31ClN4O2S/c1-30-36(34,35)27-4-2-3-26(33-27)32-23-8-6-22(7-9-23)31-25-10-5-21(14-24(25)29)28-15-18-11-19(16-28)13-20(12-18)17-28/h2-10,14,18-20,30-31H,11-13,15-17H2,1H3,(H,32,33). The number of nitrogens with one attached hydrogen (secondary N) is 3. The molecule has 1 heterocycles. The number of sulfonamides is 1. The first-order valence-corrected chi connectivity index (χ1v) is 14.5. The molecule has 0 atom stereocenters. The molecule has 4 fully saturated rings. The highest BCUT2D eigenvalue weighted by molar-refractivity contribution is 7.89. The summed E-state index contributed by atoms with van der Waals surface area (Å²) in [6.07, 6.45) is 8.30. The number of anilines is 4. The summed E-state index contributed by atoms with van der Waals surface area (Å²) in [7, 11) is -2.23. The third kappa shape index (κ3) is 4.49. The molecule has 0 spiro atoms. The van der Waals surface area contributed by atoms with Gasteiger partial charge in [-0.1, -0.05) is 23.7 Å². The van der Waals surface area contributed by atoms with Gasteiger partial charge in [0, 0.05) is 11.4 Å². The van der Waals surface area contributed by atoms with Gasteiger partial charge in [0.15, 0.2) is 5.03 Å². The van der Waals surface area contributed by atoms with Crippen molar-refractivity contribution < 1.29 is 8.42 Å². The Balaban J connectivity index is 1.15. The summed E-state index contributed by atoms with van der Waals surface area (Å²) < 4.78 is 26.3. The van der Waals surface area contributed by atoms with Crippen LogP contribution in [0.2, 0.25) is 5.02 Å². The summed E-state index contributed by atoms with van der Waals surface area (Å²) in [6.45, 7) is 0. The first kappa shape index (κ1) is 23.8. The summed E-state index contributed by atoms with van der Waals surface area (Å²) in [5.74, 6) is 3.18. The lowest BCUT2D eigenvalue weighted by molar-refractivity contribution is -0.00517. The second kappa shape index (κ2) is 9.05. The molecule has 0 amide bonds. The van der Waals surface area contributed by atoms with Gasteiger partial charge in [0.25, 0.3) is 10.0 Å². The van der Waals surface area contributed by atoms with E-state index in [0.717, 1.165) is 39.8 Å². The van der Waals surface area contributed by atoms with Gasteiger partial charge in [0.2, 0.25) is 0 Å². The van der Waals surface area contributed by atoms with E-state index in [1.807, 2.05) is 24.3 Å². The van der Waals surface area contributed by atoms with Crippen LogP contribution in [0.5, 0.6) is 0 Å². The van der Waals surface area contributed by atoms with Crippen molar-refractivity contribution in [2.75, 3.05) is 17.7 Å². The van der Waals surface area contributed by atoms with Gasteiger partial charge in [-0.05, 0) is 123 Å². The molecule has 4 bridgehead atoms. The van der Waals surface area contributed by atoms with Crippen LogP contribution in [0.25, 0.3) is 0 Å². The first-order chi connectivity index (χ1) is 17.3. The third-order valence-electron chi connectivity index (χ3n) is 8.32. The van der Waals surface area contributed by atoms with Crippen molar-refractivity contribution >= 4 is 44.5 Å². The van der Waals surface area contributed by atoms with Crippen LogP contribution in [0.15, 0.2) is 65.7 Å². The molecule has 36 heavy (non-hydrogen) atoms. The van der Waals surface area contributed by atoms with Gasteiger partial charge in [-0.2, -0.15) is 0 Å². The summed E-state index contributed by atoms with van der Waals surface area (Å²) in [5, 5.41) is 7.33. The van der Waals surface area contributed by atoms with Crippen molar-refractivity contribution in [3.05, 3.63) is 71.2 Å². The lowest BCUT2D eigenvalue weighted by Gasteiger charge is -2.57. The molecule has 4 aliphatic rings. The fraction of sp³-hybridized carbons (Fsp3) is 0.393. The Labute approximate surface area is 217 Å². The molecule has 0 aliphatic heterocycles. The average molecular weight is 523 g/mol. The third-order valence-corrected chi connectivity index (χ3v) is 9.95. The van der Waals surface area contributed by atoms with E-state index < -0.39 is 10.0 Å². The van der Waals surface area contributed by atoms with Crippen molar-refractivity contribution in [3.63, 3.8) is 0 Å². The van der Waals surface area contributed by atoms with E-state index in [0.29, 0.717) is 11.2 Å². The number of benzene rings is 2. The smallest absolute Gasteiger partial charge is 0.257 e. The number of aromatic nitrogens is 1. The minimum absolute atomic E-state index is 0.0279. The van der Waals surface area contributed by atoms with Crippen molar-refractivity contribution in [2.45, 2.75) is 49.0 Å². The summed E-state index contributed by atoms with van der Waals surface area (Å²) in [6, 6.07) is 19.2. The van der Waals surface area contributed by atoms with Crippen LogP contribution in [0.4, 0.5) is 22.9 Å². The van der Waals surface area contributed by atoms with Crippen molar-refractivity contribution in [2.24, 2.45) is 17.8 Å². The fourth-order valence-corrected chi connectivity index (χ4v) is 8.00. The maximum absolute atomic E-state index is 12.0. The van der Waals surface area contributed by atoms with E-state index in [2.05, 4.69) is 38.5 Å². The number of hydrogen-bond acceptors (Lipinski definition) is 5. The van der Waals surface area contributed by atoms with Gasteiger partial charge in [-0.15, -0.1) is 0 Å². The highest BCUT2D eigenvalue weighted by Gasteiger charge is 2.51. The van der Waals surface area contributed by atoms with Gasteiger partial charge in [0.05, 0.1) is 10.7 Å². The van der Waals surface area contributed by atoms with Gasteiger partial charge in [-0.25, -0.2) is 18.1 Å². The second-order valence-electron chi connectivity index (χ2n) is 10.8. The number of rotatable bonds is 7. The molecular weight excluding hydrogens is 492 g/mol. The Kier molecular flexibility index (Phi) is 5.97. The minimum Gasteiger partial charge on any atom is -0.354 e. The lowest BCUT2D eigenvalue weighted by Crippen LogP contribution is -2.48. The molecule has 3 N–H and O–H groups in total. The fourth-order valence-electron chi connectivity index (χ4n) is 7.09. The highest BCUT2D eigenvalue weighted by Crippen LogP contribution is 2.61. The number of pyridine rings is 1. The Hall–Kier alpha value is -2.61. The second-order valence-corrected chi connectivity index (χ2v) is 13.0. The molecular formula is C28H31ClN4O2S. The highest BCUT2D eigenvalue weighted by atomic mass is 35.5. The van der Waals surface area contributed by atoms with Crippen LogP contribution in [0, 0.1) is 17.8 Å². The molecule has 6 nitrogen and oxygen atoms in total. The molecule has 8 heteroatoms. The van der Waals surface area contributed by atoms with Gasteiger partial charge in [-0.3, -0.25) is 0 Å². The summed E-state index contributed by atoms with van der Waals surface area (Å²) >= 11 is 6.78. The quantitative estimate of drug-likeness (QED) is 0.325. The number of hydrogen-bond donors (Lipinski definition) is 3. The van der Waals surface area contributed by atoms with E-state index >= 15 is 0 Å². The molecule has 0 saturated heterocycles. The Morgan fingerprint density at radius 3 is 2.06 bits per heavy atom. The maximum Gasteiger partial charge on any atom is 0.257 e. The van der Waals surface area contributed by atoms with Crippen molar-refractivity contribution in [1.82, 2.24) is 9.71 Å². The molecule has 0 radical (unpaired) electrons. The van der Waals surface area contributed by atoms with Crippen LogP contribution in [-0.4, -0.2) is 20.4 Å². The van der Waals surface area contributed by atoms with Gasteiger partial charge >= 0.3 is 0 Å². The Morgan fingerprint density at radius 2 is 1.47 bits per heavy atom. The maximum atomic E-state index is 12.0. The van der Waals surface area contributed by atoms with E-state index in [-0.39, 0.29) is 5.03 Å². The molecule has 4 aliphatic carbocycles. The summed E-state index contributed by atoms with van der Waals surface area (Å²) in [4.78, 5) is 4.19. The van der Waals surface area contributed by atoms with Gasteiger partial charge < -0.3 is 10.6 Å². The normalized spacial score (nSPS) is 26.7. The molecule has 4 saturated carbocycles. The Morgan fingerprint density at radius 1 is 0.861 bits per heavy atom. The molecule has 3 aromatic rings. The van der Waals surface area contributed by atoms with Crippen LogP contribution < -0.4 is 15.4 Å². The van der Waals surface area contributed by atoms with E-state index in [1.54, 1.807) is 12.1 Å². The first-order valence-electron chi connectivity index (χ1n) is 12.7. The monoisotopic (exact) mass is 522 g/mol. The van der Waals surface area contributed by atoms with Crippen molar-refractivity contribution in [3.8, 4) is 0 Å². The van der Waals surface area contributed by atoms with Crippen LogP contribution in [0.3, 0.4) is 0 Å². The van der Waals surface area contributed by atoms with E-state index in [1.165, 1.54) is 57.2 Å². The zero-order valence-electron chi connectivity index (χ0n) is 20.3. The van der Waals surface area contributed by atoms with E-state index in [4.69, 9.17) is 11.6 Å².